The van der Waals surface area contributed by atoms with E-state index < -0.39 is 6.10 Å². The van der Waals surface area contributed by atoms with Gasteiger partial charge < -0.3 is 20.2 Å². The van der Waals surface area contributed by atoms with Crippen LogP contribution in [0.1, 0.15) is 103 Å². The lowest BCUT2D eigenvalue weighted by Crippen LogP contribution is -2.36. The minimum Gasteiger partial charge on any atom is -0.394 e. The zero-order valence-electron chi connectivity index (χ0n) is 17.7. The van der Waals surface area contributed by atoms with Gasteiger partial charge in [0.15, 0.2) is 0 Å². The molecule has 0 heterocycles. The Labute approximate surface area is 163 Å². The lowest BCUT2D eigenvalue weighted by Gasteiger charge is -2.22. The molecule has 26 heavy (non-hydrogen) atoms. The third kappa shape index (κ3) is 18.6. The summed E-state index contributed by atoms with van der Waals surface area (Å²) in [5, 5.41) is 28.2. The molecule has 0 rings (SSSR count). The molecule has 158 valence electrons. The average Bonchev–Trinajstić information content (AvgIpc) is 2.61. The molecule has 2 atom stereocenters. The third-order valence-electron chi connectivity index (χ3n) is 5.15. The van der Waals surface area contributed by atoms with E-state index >= 15 is 0 Å². The van der Waals surface area contributed by atoms with Gasteiger partial charge in [0.25, 0.3) is 0 Å². The van der Waals surface area contributed by atoms with E-state index in [0.717, 1.165) is 12.8 Å². The monoisotopic (exact) mass is 373 g/mol. The zero-order valence-corrected chi connectivity index (χ0v) is 17.7. The molecule has 0 saturated carbocycles. The van der Waals surface area contributed by atoms with Crippen LogP contribution < -0.4 is 0 Å². The minimum absolute atomic E-state index is 0.223. The van der Waals surface area contributed by atoms with Crippen molar-refractivity contribution in [1.29, 1.82) is 0 Å². The van der Waals surface area contributed by atoms with Gasteiger partial charge in [-0.3, -0.25) is 0 Å². The maximum absolute atomic E-state index is 10.0. The normalized spacial score (nSPS) is 14.1. The molecule has 0 aromatic rings. The molecule has 4 nitrogen and oxygen atoms in total. The van der Waals surface area contributed by atoms with E-state index in [4.69, 9.17) is 5.11 Å². The predicted octanol–water partition coefficient (Wildman–Crippen LogP) is 4.50. The Morgan fingerprint density at radius 2 is 1.00 bits per heavy atom. The molecule has 0 aromatic heterocycles. The summed E-state index contributed by atoms with van der Waals surface area (Å²) in [5.41, 5.74) is 0. The maximum Gasteiger partial charge on any atom is 0.0897 e. The quantitative estimate of drug-likeness (QED) is 0.275. The molecule has 4 heteroatoms. The van der Waals surface area contributed by atoms with E-state index in [9.17, 15) is 10.2 Å². The van der Waals surface area contributed by atoms with Crippen LogP contribution in [0.2, 0.25) is 0 Å². The van der Waals surface area contributed by atoms with E-state index in [1.165, 1.54) is 83.5 Å². The second-order valence-electron chi connectivity index (χ2n) is 8.10. The van der Waals surface area contributed by atoms with Crippen LogP contribution in [0, 0.1) is 0 Å². The summed E-state index contributed by atoms with van der Waals surface area (Å²) in [5.74, 6) is 0. The molecule has 3 N–H and O–H groups in total. The summed E-state index contributed by atoms with van der Waals surface area (Å²) in [4.78, 5) is 1.88. The molecule has 0 spiro atoms. The number of hydrogen-bond donors (Lipinski definition) is 3. The van der Waals surface area contributed by atoms with Gasteiger partial charge in [0.1, 0.15) is 0 Å². The van der Waals surface area contributed by atoms with Crippen molar-refractivity contribution in [3.8, 4) is 0 Å². The van der Waals surface area contributed by atoms with Crippen molar-refractivity contribution >= 4 is 0 Å². The first-order chi connectivity index (χ1) is 12.6. The molecule has 0 amide bonds. The fourth-order valence-electron chi connectivity index (χ4n) is 3.52. The average molecular weight is 374 g/mol. The van der Waals surface area contributed by atoms with Crippen molar-refractivity contribution in [2.75, 3.05) is 26.7 Å². The molecule has 0 saturated heterocycles. The molecule has 0 fully saturated rings. The van der Waals surface area contributed by atoms with Crippen molar-refractivity contribution < 1.29 is 15.3 Å². The van der Waals surface area contributed by atoms with Crippen molar-refractivity contribution in [2.45, 2.75) is 115 Å². The zero-order chi connectivity index (χ0) is 19.5. The van der Waals surface area contributed by atoms with Crippen LogP contribution >= 0.6 is 0 Å². The fraction of sp³-hybridized carbons (Fsp3) is 1.00. The summed E-state index contributed by atoms with van der Waals surface area (Å²) in [6.07, 6.45) is 18.7. The number of aliphatic hydroxyl groups is 3. The van der Waals surface area contributed by atoms with Gasteiger partial charge in [-0.15, -0.1) is 0 Å². The van der Waals surface area contributed by atoms with Gasteiger partial charge in [-0.05, 0) is 13.5 Å². The smallest absolute Gasteiger partial charge is 0.0897 e. The van der Waals surface area contributed by atoms with Gasteiger partial charge in [0.05, 0.1) is 18.8 Å². The highest BCUT2D eigenvalue weighted by atomic mass is 16.3. The van der Waals surface area contributed by atoms with Gasteiger partial charge in [0, 0.05) is 13.1 Å². The number of rotatable bonds is 20. The molecule has 0 radical (unpaired) electrons. The number of aliphatic hydroxyl groups excluding tert-OH is 3. The highest BCUT2D eigenvalue weighted by Gasteiger charge is 2.11. The minimum atomic E-state index is -0.715. The summed E-state index contributed by atoms with van der Waals surface area (Å²) in [6.45, 7) is 3.02. The van der Waals surface area contributed by atoms with Crippen LogP contribution in [-0.2, 0) is 0 Å². The van der Waals surface area contributed by atoms with Crippen molar-refractivity contribution in [3.05, 3.63) is 0 Å². The molecule has 0 bridgehead atoms. The van der Waals surface area contributed by atoms with Gasteiger partial charge in [-0.1, -0.05) is 96.8 Å². The highest BCUT2D eigenvalue weighted by molar-refractivity contribution is 4.65. The van der Waals surface area contributed by atoms with E-state index in [1.807, 2.05) is 11.9 Å². The van der Waals surface area contributed by atoms with Gasteiger partial charge in [-0.25, -0.2) is 0 Å². The predicted molar refractivity (Wildman–Crippen MR) is 112 cm³/mol. The Kier molecular flexibility index (Phi) is 19.5. The fourth-order valence-corrected chi connectivity index (χ4v) is 3.52. The van der Waals surface area contributed by atoms with Crippen molar-refractivity contribution in [3.63, 3.8) is 0 Å². The molecule has 0 aliphatic carbocycles. The summed E-state index contributed by atoms with van der Waals surface area (Å²) in [7, 11) is 1.87. The van der Waals surface area contributed by atoms with Crippen LogP contribution in [0.15, 0.2) is 0 Å². The number of nitrogens with zero attached hydrogens (tertiary/aromatic N) is 1. The molecular weight excluding hydrogens is 326 g/mol. The first-order valence-corrected chi connectivity index (χ1v) is 11.3. The SMILES string of the molecule is CCCCCCCCCCCCCCCCC(O)CN(C)CC(O)CO. The van der Waals surface area contributed by atoms with Gasteiger partial charge in [-0.2, -0.15) is 0 Å². The van der Waals surface area contributed by atoms with Crippen LogP contribution in [0.3, 0.4) is 0 Å². The van der Waals surface area contributed by atoms with Crippen molar-refractivity contribution in [2.24, 2.45) is 0 Å². The maximum atomic E-state index is 10.0. The van der Waals surface area contributed by atoms with E-state index in [2.05, 4.69) is 6.92 Å². The topological polar surface area (TPSA) is 63.9 Å². The number of unbranched alkanes of at least 4 members (excludes halogenated alkanes) is 13. The highest BCUT2D eigenvalue weighted by Crippen LogP contribution is 2.13. The molecule has 0 aliphatic heterocycles. The van der Waals surface area contributed by atoms with Crippen molar-refractivity contribution in [1.82, 2.24) is 4.90 Å². The van der Waals surface area contributed by atoms with Gasteiger partial charge in [0.2, 0.25) is 0 Å². The van der Waals surface area contributed by atoms with E-state index in [1.54, 1.807) is 0 Å². The number of likely N-dealkylation sites (N-methyl/N-ethyl adjacent to an activating group) is 1. The molecular formula is C22H47NO3. The summed E-state index contributed by atoms with van der Waals surface area (Å²) < 4.78 is 0. The lowest BCUT2D eigenvalue weighted by molar-refractivity contribution is 0.0471. The summed E-state index contributed by atoms with van der Waals surface area (Å²) >= 11 is 0. The standard InChI is InChI=1S/C22H47NO3/c1-3-4-5-6-7-8-9-10-11-12-13-14-15-16-17-21(25)18-23(2)19-22(26)20-24/h21-22,24-26H,3-20H2,1-2H3. The number of hydrogen-bond acceptors (Lipinski definition) is 4. The first kappa shape index (κ1) is 25.8. The van der Waals surface area contributed by atoms with Crippen LogP contribution in [0.5, 0.6) is 0 Å². The second kappa shape index (κ2) is 19.6. The Morgan fingerprint density at radius 1 is 0.615 bits per heavy atom. The third-order valence-corrected chi connectivity index (χ3v) is 5.15. The van der Waals surface area contributed by atoms with Crippen LogP contribution in [-0.4, -0.2) is 59.2 Å². The Morgan fingerprint density at radius 3 is 1.42 bits per heavy atom. The first-order valence-electron chi connectivity index (χ1n) is 11.3. The molecule has 0 aromatic carbocycles. The molecule has 0 aliphatic rings. The summed E-state index contributed by atoms with van der Waals surface area (Å²) in [6, 6.07) is 0. The van der Waals surface area contributed by atoms with E-state index in [0.29, 0.717) is 13.1 Å². The van der Waals surface area contributed by atoms with Gasteiger partial charge >= 0.3 is 0 Å². The van der Waals surface area contributed by atoms with E-state index in [-0.39, 0.29) is 12.7 Å². The Hall–Kier alpha value is -0.160. The lowest BCUT2D eigenvalue weighted by atomic mass is 10.0. The molecule has 2 unspecified atom stereocenters. The largest absolute Gasteiger partial charge is 0.394 e. The Balaban J connectivity index is 3.25. The van der Waals surface area contributed by atoms with Crippen LogP contribution in [0.25, 0.3) is 0 Å². The van der Waals surface area contributed by atoms with Crippen LogP contribution in [0.4, 0.5) is 0 Å². The Bertz CT molecular complexity index is 276. The second-order valence-corrected chi connectivity index (χ2v) is 8.10.